The average molecular weight is 307 g/mol. The second kappa shape index (κ2) is 5.73. The molecule has 0 radical (unpaired) electrons. The Labute approximate surface area is 133 Å². The normalized spacial score (nSPS) is 13.1. The molecular weight excluding hydrogens is 290 g/mol. The first-order valence-corrected chi connectivity index (χ1v) is 7.58. The van der Waals surface area contributed by atoms with Gasteiger partial charge in [-0.2, -0.15) is 0 Å². The van der Waals surface area contributed by atoms with Gasteiger partial charge in [-0.05, 0) is 17.7 Å². The van der Waals surface area contributed by atoms with Crippen molar-refractivity contribution in [3.63, 3.8) is 0 Å². The smallest absolute Gasteiger partial charge is 0.223 e. The van der Waals surface area contributed by atoms with E-state index in [-0.39, 0.29) is 6.61 Å². The van der Waals surface area contributed by atoms with Crippen LogP contribution in [0.15, 0.2) is 48.8 Å². The number of aliphatic hydroxyl groups is 1. The maximum atomic E-state index is 9.22. The number of nitrogens with zero attached hydrogens (tertiary/aromatic N) is 3. The third-order valence-corrected chi connectivity index (χ3v) is 3.92. The summed E-state index contributed by atoms with van der Waals surface area (Å²) in [7, 11) is 0. The number of aromatic nitrogens is 3. The van der Waals surface area contributed by atoms with Crippen LogP contribution in [0.2, 0.25) is 0 Å². The van der Waals surface area contributed by atoms with Gasteiger partial charge in [0, 0.05) is 36.6 Å². The molecule has 0 amide bonds. The highest BCUT2D eigenvalue weighted by Gasteiger charge is 2.21. The summed E-state index contributed by atoms with van der Waals surface area (Å²) in [6, 6.07) is 11.8. The minimum Gasteiger partial charge on any atom is -0.392 e. The molecule has 0 fully saturated rings. The van der Waals surface area contributed by atoms with Crippen molar-refractivity contribution in [3.8, 4) is 22.5 Å². The first-order valence-electron chi connectivity index (χ1n) is 7.58. The largest absolute Gasteiger partial charge is 0.392 e. The molecule has 0 atom stereocenters. The van der Waals surface area contributed by atoms with E-state index in [4.69, 9.17) is 4.98 Å². The monoisotopic (exact) mass is 307 g/mol. The number of hydrogen-bond acceptors (Lipinski definition) is 5. The maximum Gasteiger partial charge on any atom is 0.223 e. The zero-order valence-electron chi connectivity index (χ0n) is 12.5. The van der Waals surface area contributed by atoms with E-state index in [2.05, 4.69) is 15.7 Å². The third kappa shape index (κ3) is 2.43. The summed E-state index contributed by atoms with van der Waals surface area (Å²) >= 11 is 0. The molecule has 3 aromatic rings. The Hall–Kier alpha value is -2.86. The van der Waals surface area contributed by atoms with Gasteiger partial charge in [0.05, 0.1) is 12.3 Å². The van der Waals surface area contributed by atoms with Crippen LogP contribution in [0.1, 0.15) is 5.56 Å². The number of imidazole rings is 1. The highest BCUT2D eigenvalue weighted by atomic mass is 16.3. The van der Waals surface area contributed by atoms with Gasteiger partial charge in [0.2, 0.25) is 5.95 Å². The van der Waals surface area contributed by atoms with Crippen molar-refractivity contribution >= 4 is 5.95 Å². The first-order chi connectivity index (χ1) is 11.4. The van der Waals surface area contributed by atoms with Gasteiger partial charge < -0.3 is 15.8 Å². The van der Waals surface area contributed by atoms with E-state index in [1.54, 1.807) is 12.4 Å². The summed E-state index contributed by atoms with van der Waals surface area (Å²) in [5, 5.41) is 12.5. The van der Waals surface area contributed by atoms with Crippen LogP contribution < -0.4 is 10.7 Å². The average Bonchev–Trinajstić information content (AvgIpc) is 3.02. The molecule has 0 unspecified atom stereocenters. The number of benzene rings is 1. The second-order valence-electron chi connectivity index (χ2n) is 5.39. The highest BCUT2D eigenvalue weighted by molar-refractivity contribution is 5.81. The fourth-order valence-electron chi connectivity index (χ4n) is 2.78. The number of hydrogen-bond donors (Lipinski definition) is 3. The van der Waals surface area contributed by atoms with Crippen molar-refractivity contribution < 1.29 is 5.11 Å². The van der Waals surface area contributed by atoms with Crippen LogP contribution >= 0.6 is 0 Å². The van der Waals surface area contributed by atoms with E-state index in [9.17, 15) is 5.11 Å². The number of pyridine rings is 1. The maximum absolute atomic E-state index is 9.22. The van der Waals surface area contributed by atoms with Gasteiger partial charge in [-0.3, -0.25) is 4.98 Å². The van der Waals surface area contributed by atoms with Crippen molar-refractivity contribution in [2.45, 2.75) is 6.61 Å². The van der Waals surface area contributed by atoms with E-state index in [0.717, 1.165) is 47.1 Å². The molecule has 1 aromatic carbocycles. The van der Waals surface area contributed by atoms with Crippen LogP contribution in [0.4, 0.5) is 5.95 Å². The van der Waals surface area contributed by atoms with Crippen LogP contribution in [0.5, 0.6) is 0 Å². The van der Waals surface area contributed by atoms with Gasteiger partial charge in [0.25, 0.3) is 0 Å². The minimum absolute atomic E-state index is 0.0420. The molecular formula is C17H17N5O. The van der Waals surface area contributed by atoms with Crippen LogP contribution in [0.25, 0.3) is 22.5 Å². The van der Waals surface area contributed by atoms with E-state index >= 15 is 0 Å². The number of anilines is 1. The number of aliphatic hydroxyl groups excluding tert-OH is 1. The lowest BCUT2D eigenvalue weighted by Gasteiger charge is -2.20. The number of rotatable bonds is 3. The number of fused-ring (bicyclic) bond motifs is 1. The lowest BCUT2D eigenvalue weighted by Crippen LogP contribution is -2.30. The topological polar surface area (TPSA) is 75.0 Å². The molecule has 0 saturated carbocycles. The van der Waals surface area contributed by atoms with Crippen LogP contribution in [-0.4, -0.2) is 32.8 Å². The van der Waals surface area contributed by atoms with Gasteiger partial charge >= 0.3 is 0 Å². The summed E-state index contributed by atoms with van der Waals surface area (Å²) in [6.45, 7) is 1.72. The Bertz CT molecular complexity index is 811. The van der Waals surface area contributed by atoms with Gasteiger partial charge in [0.1, 0.15) is 5.69 Å². The second-order valence-corrected chi connectivity index (χ2v) is 5.39. The summed E-state index contributed by atoms with van der Waals surface area (Å²) in [5.41, 5.74) is 8.23. The molecule has 23 heavy (non-hydrogen) atoms. The fraction of sp³-hybridized carbons (Fsp3) is 0.176. The molecule has 116 valence electrons. The molecule has 1 aliphatic heterocycles. The standard InChI is InChI=1S/C17H17N5O/c23-11-12-1-3-13(4-2-12)15-16(14-5-7-18-8-6-14)22-17(21-15)19-9-10-20-22/h1-8,20,23H,9-11H2,(H,19,21). The summed E-state index contributed by atoms with van der Waals surface area (Å²) in [4.78, 5) is 8.86. The Morgan fingerprint density at radius 1 is 1.00 bits per heavy atom. The van der Waals surface area contributed by atoms with Gasteiger partial charge in [-0.25, -0.2) is 9.66 Å². The van der Waals surface area contributed by atoms with E-state index in [1.165, 1.54) is 0 Å². The Morgan fingerprint density at radius 3 is 2.52 bits per heavy atom. The summed E-state index contributed by atoms with van der Waals surface area (Å²) < 4.78 is 1.99. The van der Waals surface area contributed by atoms with Crippen molar-refractivity contribution in [2.24, 2.45) is 0 Å². The van der Waals surface area contributed by atoms with Crippen molar-refractivity contribution in [1.29, 1.82) is 0 Å². The zero-order chi connectivity index (χ0) is 15.6. The molecule has 6 nitrogen and oxygen atoms in total. The number of nitrogens with one attached hydrogen (secondary N) is 2. The molecule has 0 bridgehead atoms. The Kier molecular flexibility index (Phi) is 3.44. The molecule has 3 N–H and O–H groups in total. The van der Waals surface area contributed by atoms with Gasteiger partial charge in [-0.15, -0.1) is 0 Å². The van der Waals surface area contributed by atoms with Crippen molar-refractivity contribution in [2.75, 3.05) is 23.8 Å². The molecule has 3 heterocycles. The molecule has 1 aliphatic rings. The van der Waals surface area contributed by atoms with Gasteiger partial charge in [-0.1, -0.05) is 24.3 Å². The lowest BCUT2D eigenvalue weighted by atomic mass is 10.0. The minimum atomic E-state index is 0.0420. The Morgan fingerprint density at radius 2 is 1.78 bits per heavy atom. The Balaban J connectivity index is 1.90. The zero-order valence-corrected chi connectivity index (χ0v) is 12.5. The first kappa shape index (κ1) is 13.8. The molecule has 6 heteroatoms. The highest BCUT2D eigenvalue weighted by Crippen LogP contribution is 2.34. The van der Waals surface area contributed by atoms with Crippen molar-refractivity contribution in [3.05, 3.63) is 54.4 Å². The summed E-state index contributed by atoms with van der Waals surface area (Å²) in [5.74, 6) is 0.810. The molecule has 4 rings (SSSR count). The SMILES string of the molecule is OCc1ccc(-c2nc3n(c2-c2ccncc2)NCCN3)cc1. The third-order valence-electron chi connectivity index (χ3n) is 3.92. The van der Waals surface area contributed by atoms with E-state index in [0.29, 0.717) is 0 Å². The quantitative estimate of drug-likeness (QED) is 0.691. The summed E-state index contributed by atoms with van der Waals surface area (Å²) in [6.07, 6.45) is 3.56. The van der Waals surface area contributed by atoms with Crippen LogP contribution in [-0.2, 0) is 6.61 Å². The van der Waals surface area contributed by atoms with E-state index < -0.39 is 0 Å². The molecule has 0 saturated heterocycles. The van der Waals surface area contributed by atoms with Gasteiger partial charge in [0.15, 0.2) is 0 Å². The fourth-order valence-corrected chi connectivity index (χ4v) is 2.78. The van der Waals surface area contributed by atoms with Crippen LogP contribution in [0, 0.1) is 0 Å². The molecule has 0 aliphatic carbocycles. The van der Waals surface area contributed by atoms with E-state index in [1.807, 2.05) is 41.1 Å². The predicted octanol–water partition coefficient (Wildman–Crippen LogP) is 2.07. The predicted molar refractivity (Wildman–Crippen MR) is 89.5 cm³/mol. The lowest BCUT2D eigenvalue weighted by molar-refractivity contribution is 0.282. The van der Waals surface area contributed by atoms with Crippen molar-refractivity contribution in [1.82, 2.24) is 14.6 Å². The molecule has 2 aromatic heterocycles. The molecule has 0 spiro atoms. The van der Waals surface area contributed by atoms with Crippen LogP contribution in [0.3, 0.4) is 0 Å².